The number of carbonyl (C=O) groups is 1. The Labute approximate surface area is 185 Å². The summed E-state index contributed by atoms with van der Waals surface area (Å²) in [5.74, 6) is -0.00475. The first-order valence-electron chi connectivity index (χ1n) is 10.0. The lowest BCUT2D eigenvalue weighted by atomic mass is 10.2. The maximum atomic E-state index is 13.2. The molecule has 0 spiro atoms. The number of hydrogen-bond donors (Lipinski definition) is 1. The van der Waals surface area contributed by atoms with Gasteiger partial charge < -0.3 is 10.1 Å². The van der Waals surface area contributed by atoms with Crippen molar-refractivity contribution < 1.29 is 9.53 Å². The second-order valence-corrected chi connectivity index (χ2v) is 8.06. The molecule has 31 heavy (non-hydrogen) atoms. The fourth-order valence-electron chi connectivity index (χ4n) is 2.92. The molecule has 3 rings (SSSR count). The zero-order chi connectivity index (χ0) is 22.2. The highest BCUT2D eigenvalue weighted by Crippen LogP contribution is 2.21. The van der Waals surface area contributed by atoms with Gasteiger partial charge in [-0.05, 0) is 56.7 Å². The third-order valence-electron chi connectivity index (χ3n) is 4.43. The zero-order valence-electron chi connectivity index (χ0n) is 17.5. The molecule has 3 aromatic rings. The quantitative estimate of drug-likeness (QED) is 0.314. The largest absolute Gasteiger partial charge is 0.379 e. The van der Waals surface area contributed by atoms with Gasteiger partial charge in [0.1, 0.15) is 0 Å². The lowest BCUT2D eigenvalue weighted by Gasteiger charge is -2.13. The van der Waals surface area contributed by atoms with Crippen LogP contribution in [0.3, 0.4) is 0 Å². The van der Waals surface area contributed by atoms with Crippen LogP contribution >= 0.6 is 11.8 Å². The molecule has 0 unspecified atom stereocenters. The van der Waals surface area contributed by atoms with Crippen molar-refractivity contribution in [3.05, 3.63) is 64.4 Å². The Morgan fingerprint density at radius 3 is 2.68 bits per heavy atom. The molecule has 1 heterocycles. The molecule has 0 bridgehead atoms. The van der Waals surface area contributed by atoms with E-state index in [1.165, 1.54) is 16.3 Å². The predicted molar refractivity (Wildman–Crippen MR) is 121 cm³/mol. The maximum Gasteiger partial charge on any atom is 0.266 e. The van der Waals surface area contributed by atoms with E-state index in [0.717, 1.165) is 6.42 Å². The topological polar surface area (TPSA) is 97.0 Å². The standard InChI is InChI=1S/C23H24N4O3S/c1-16(2)30-13-5-12-25-21(28)15-31-23-26-20-7-4-3-6-19(20)22(29)27(23)18-10-8-17(14-24)9-11-18/h3-4,6-11,16H,5,12-13,15H2,1-2H3,(H,25,28). The minimum Gasteiger partial charge on any atom is -0.379 e. The fraction of sp³-hybridized carbons (Fsp3) is 0.304. The van der Waals surface area contributed by atoms with E-state index in [2.05, 4.69) is 16.4 Å². The van der Waals surface area contributed by atoms with E-state index in [1.807, 2.05) is 19.9 Å². The van der Waals surface area contributed by atoms with E-state index in [-0.39, 0.29) is 23.3 Å². The Kier molecular flexibility index (Phi) is 7.82. The molecule has 1 amide bonds. The van der Waals surface area contributed by atoms with Crippen molar-refractivity contribution in [2.24, 2.45) is 0 Å². The monoisotopic (exact) mass is 436 g/mol. The fourth-order valence-corrected chi connectivity index (χ4v) is 3.76. The smallest absolute Gasteiger partial charge is 0.266 e. The number of benzene rings is 2. The van der Waals surface area contributed by atoms with Crippen LogP contribution in [0.5, 0.6) is 0 Å². The Morgan fingerprint density at radius 2 is 1.97 bits per heavy atom. The molecule has 1 N–H and O–H groups in total. The van der Waals surface area contributed by atoms with Gasteiger partial charge in [-0.3, -0.25) is 14.2 Å². The second kappa shape index (κ2) is 10.8. The number of ether oxygens (including phenoxy) is 1. The van der Waals surface area contributed by atoms with Crippen molar-refractivity contribution >= 4 is 28.6 Å². The number of carbonyl (C=O) groups excluding carboxylic acids is 1. The van der Waals surface area contributed by atoms with Gasteiger partial charge in [-0.1, -0.05) is 23.9 Å². The van der Waals surface area contributed by atoms with Gasteiger partial charge in [0.25, 0.3) is 5.56 Å². The summed E-state index contributed by atoms with van der Waals surface area (Å²) in [6.07, 6.45) is 0.905. The second-order valence-electron chi connectivity index (χ2n) is 7.12. The predicted octanol–water partition coefficient (Wildman–Crippen LogP) is 3.28. The van der Waals surface area contributed by atoms with Crippen LogP contribution in [-0.4, -0.2) is 40.5 Å². The Bertz CT molecular complexity index is 1150. The van der Waals surface area contributed by atoms with Gasteiger partial charge in [0.05, 0.1) is 40.1 Å². The maximum absolute atomic E-state index is 13.2. The first-order valence-corrected chi connectivity index (χ1v) is 11.0. The Morgan fingerprint density at radius 1 is 1.23 bits per heavy atom. The van der Waals surface area contributed by atoms with Gasteiger partial charge in [0.2, 0.25) is 5.91 Å². The molecular weight excluding hydrogens is 412 g/mol. The van der Waals surface area contributed by atoms with E-state index in [4.69, 9.17) is 10.00 Å². The molecule has 0 aliphatic rings. The molecule has 0 aliphatic carbocycles. The highest BCUT2D eigenvalue weighted by molar-refractivity contribution is 7.99. The number of para-hydroxylation sites is 1. The SMILES string of the molecule is CC(C)OCCCNC(=O)CSc1nc2ccccc2c(=O)n1-c1ccc(C#N)cc1. The van der Waals surface area contributed by atoms with Crippen LogP contribution in [0.2, 0.25) is 0 Å². The minimum atomic E-state index is -0.218. The highest BCUT2D eigenvalue weighted by atomic mass is 32.2. The normalized spacial score (nSPS) is 10.9. The number of thioether (sulfide) groups is 1. The van der Waals surface area contributed by atoms with E-state index < -0.39 is 0 Å². The van der Waals surface area contributed by atoms with Crippen LogP contribution < -0.4 is 10.9 Å². The van der Waals surface area contributed by atoms with Crippen molar-refractivity contribution in [1.29, 1.82) is 5.26 Å². The van der Waals surface area contributed by atoms with Crippen molar-refractivity contribution in [2.75, 3.05) is 18.9 Å². The summed E-state index contributed by atoms with van der Waals surface area (Å²) in [6.45, 7) is 5.06. The number of nitrogens with one attached hydrogen (secondary N) is 1. The summed E-state index contributed by atoms with van der Waals surface area (Å²) in [6, 6.07) is 15.9. The number of fused-ring (bicyclic) bond motifs is 1. The summed E-state index contributed by atoms with van der Waals surface area (Å²) in [4.78, 5) is 30.1. The Balaban J connectivity index is 1.79. The third kappa shape index (κ3) is 5.94. The number of rotatable bonds is 9. The van der Waals surface area contributed by atoms with Gasteiger partial charge in [0.15, 0.2) is 5.16 Å². The first-order chi connectivity index (χ1) is 15.0. The summed E-state index contributed by atoms with van der Waals surface area (Å²) in [7, 11) is 0. The van der Waals surface area contributed by atoms with Crippen LogP contribution in [0.25, 0.3) is 16.6 Å². The van der Waals surface area contributed by atoms with Gasteiger partial charge in [-0.15, -0.1) is 0 Å². The van der Waals surface area contributed by atoms with Crippen molar-refractivity contribution in [1.82, 2.24) is 14.9 Å². The van der Waals surface area contributed by atoms with E-state index in [0.29, 0.717) is 40.5 Å². The molecule has 1 aromatic heterocycles. The molecule has 8 heteroatoms. The lowest BCUT2D eigenvalue weighted by molar-refractivity contribution is -0.118. The van der Waals surface area contributed by atoms with Crippen LogP contribution in [0.15, 0.2) is 58.5 Å². The number of amides is 1. The molecule has 0 aliphatic heterocycles. The van der Waals surface area contributed by atoms with Gasteiger partial charge >= 0.3 is 0 Å². The number of hydrogen-bond acceptors (Lipinski definition) is 6. The van der Waals surface area contributed by atoms with Gasteiger partial charge in [0, 0.05) is 13.2 Å². The molecule has 0 radical (unpaired) electrons. The van der Waals surface area contributed by atoms with E-state index >= 15 is 0 Å². The number of aromatic nitrogens is 2. The molecule has 7 nitrogen and oxygen atoms in total. The van der Waals surface area contributed by atoms with Gasteiger partial charge in [-0.2, -0.15) is 5.26 Å². The lowest BCUT2D eigenvalue weighted by Crippen LogP contribution is -2.28. The molecular formula is C23H24N4O3S. The van der Waals surface area contributed by atoms with Crippen LogP contribution in [0.4, 0.5) is 0 Å². The average Bonchev–Trinajstić information content (AvgIpc) is 2.77. The first kappa shape index (κ1) is 22.5. The third-order valence-corrected chi connectivity index (χ3v) is 5.36. The van der Waals surface area contributed by atoms with E-state index in [1.54, 1.807) is 42.5 Å². The van der Waals surface area contributed by atoms with Crippen LogP contribution in [0.1, 0.15) is 25.8 Å². The number of nitriles is 1. The minimum absolute atomic E-state index is 0.131. The summed E-state index contributed by atoms with van der Waals surface area (Å²) in [5.41, 5.74) is 1.45. The number of nitrogens with zero attached hydrogens (tertiary/aromatic N) is 3. The average molecular weight is 437 g/mol. The molecule has 0 atom stereocenters. The zero-order valence-corrected chi connectivity index (χ0v) is 18.3. The molecule has 0 saturated heterocycles. The van der Waals surface area contributed by atoms with Crippen molar-refractivity contribution in [2.45, 2.75) is 31.5 Å². The van der Waals surface area contributed by atoms with Crippen LogP contribution in [0, 0.1) is 11.3 Å². The molecule has 160 valence electrons. The molecule has 0 fully saturated rings. The highest BCUT2D eigenvalue weighted by Gasteiger charge is 2.14. The molecule has 2 aromatic carbocycles. The van der Waals surface area contributed by atoms with Crippen molar-refractivity contribution in [3.63, 3.8) is 0 Å². The van der Waals surface area contributed by atoms with E-state index in [9.17, 15) is 9.59 Å². The summed E-state index contributed by atoms with van der Waals surface area (Å²) >= 11 is 1.20. The van der Waals surface area contributed by atoms with Crippen molar-refractivity contribution in [3.8, 4) is 11.8 Å². The molecule has 0 saturated carbocycles. The summed E-state index contributed by atoms with van der Waals surface area (Å²) in [5, 5.41) is 12.8. The summed E-state index contributed by atoms with van der Waals surface area (Å²) < 4.78 is 6.95. The van der Waals surface area contributed by atoms with Crippen LogP contribution in [-0.2, 0) is 9.53 Å². The Hall–Kier alpha value is -3.15. The van der Waals surface area contributed by atoms with Gasteiger partial charge in [-0.25, -0.2) is 4.98 Å².